The first kappa shape index (κ1) is 8.49. The molecule has 4 heteroatoms. The van der Waals surface area contributed by atoms with Gasteiger partial charge in [0, 0.05) is 19.1 Å². The minimum atomic E-state index is -0.183. The first-order valence-electron chi connectivity index (χ1n) is 3.72. The summed E-state index contributed by atoms with van der Waals surface area (Å²) in [4.78, 5) is 12.9. The van der Waals surface area contributed by atoms with Gasteiger partial charge >= 0.3 is 5.97 Å². The molecule has 1 saturated heterocycles. The number of nitrogens with two attached hydrogens (primary N) is 1. The SMILES string of the molecule is COC(=O)C(C)N1CC(N)C1. The van der Waals surface area contributed by atoms with Crippen molar-refractivity contribution in [2.75, 3.05) is 20.2 Å². The summed E-state index contributed by atoms with van der Waals surface area (Å²) in [6.07, 6.45) is 0. The fourth-order valence-corrected chi connectivity index (χ4v) is 1.18. The summed E-state index contributed by atoms with van der Waals surface area (Å²) in [6, 6.07) is 0.0990. The van der Waals surface area contributed by atoms with Crippen LogP contribution in [0.2, 0.25) is 0 Å². The molecular formula is C7H14N2O2. The highest BCUT2D eigenvalue weighted by molar-refractivity contribution is 5.75. The minimum Gasteiger partial charge on any atom is -0.468 e. The van der Waals surface area contributed by atoms with Crippen LogP contribution >= 0.6 is 0 Å². The molecule has 0 aromatic rings. The van der Waals surface area contributed by atoms with Crippen molar-refractivity contribution in [3.05, 3.63) is 0 Å². The lowest BCUT2D eigenvalue weighted by Crippen LogP contribution is -2.60. The van der Waals surface area contributed by atoms with E-state index in [0.717, 1.165) is 13.1 Å². The van der Waals surface area contributed by atoms with E-state index < -0.39 is 0 Å². The van der Waals surface area contributed by atoms with Gasteiger partial charge in [-0.05, 0) is 6.92 Å². The Balaban J connectivity index is 2.31. The number of carbonyl (C=O) groups excluding carboxylic acids is 1. The summed E-state index contributed by atoms with van der Waals surface area (Å²) in [7, 11) is 1.40. The number of hydrogen-bond acceptors (Lipinski definition) is 4. The molecule has 1 atom stereocenters. The van der Waals surface area contributed by atoms with E-state index in [2.05, 4.69) is 4.74 Å². The number of nitrogens with zero attached hydrogens (tertiary/aromatic N) is 1. The lowest BCUT2D eigenvalue weighted by molar-refractivity contribution is -0.148. The van der Waals surface area contributed by atoms with Crippen molar-refractivity contribution in [2.24, 2.45) is 5.73 Å². The summed E-state index contributed by atoms with van der Waals surface area (Å²) in [5.74, 6) is -0.183. The third-order valence-electron chi connectivity index (χ3n) is 2.03. The predicted molar refractivity (Wildman–Crippen MR) is 41.0 cm³/mol. The van der Waals surface area contributed by atoms with Gasteiger partial charge in [-0.3, -0.25) is 9.69 Å². The second kappa shape index (κ2) is 3.19. The number of rotatable bonds is 2. The zero-order chi connectivity index (χ0) is 8.43. The molecule has 11 heavy (non-hydrogen) atoms. The molecule has 0 saturated carbocycles. The summed E-state index contributed by atoms with van der Waals surface area (Å²) >= 11 is 0. The maximum absolute atomic E-state index is 10.9. The predicted octanol–water partition coefficient (Wildman–Crippen LogP) is -0.809. The topological polar surface area (TPSA) is 55.6 Å². The second-order valence-corrected chi connectivity index (χ2v) is 2.91. The van der Waals surface area contributed by atoms with Crippen LogP contribution in [0.15, 0.2) is 0 Å². The van der Waals surface area contributed by atoms with E-state index in [1.165, 1.54) is 7.11 Å². The fraction of sp³-hybridized carbons (Fsp3) is 0.857. The standard InChI is InChI=1S/C7H14N2O2/c1-5(7(10)11-2)9-3-6(8)4-9/h5-6H,3-4,8H2,1-2H3. The normalized spacial score (nSPS) is 22.5. The van der Waals surface area contributed by atoms with Gasteiger partial charge in [0.15, 0.2) is 0 Å². The van der Waals surface area contributed by atoms with E-state index in [9.17, 15) is 4.79 Å². The first-order chi connectivity index (χ1) is 5.15. The highest BCUT2D eigenvalue weighted by Gasteiger charge is 2.31. The zero-order valence-corrected chi connectivity index (χ0v) is 6.91. The van der Waals surface area contributed by atoms with Crippen LogP contribution in [-0.2, 0) is 9.53 Å². The Morgan fingerprint density at radius 2 is 2.27 bits per heavy atom. The lowest BCUT2D eigenvalue weighted by atomic mass is 10.1. The maximum Gasteiger partial charge on any atom is 0.322 e. The average Bonchev–Trinajstić information content (AvgIpc) is 1.96. The van der Waals surface area contributed by atoms with Crippen LogP contribution in [0.3, 0.4) is 0 Å². The monoisotopic (exact) mass is 158 g/mol. The maximum atomic E-state index is 10.9. The molecule has 0 bridgehead atoms. The summed E-state index contributed by atoms with van der Waals surface area (Å²) in [5.41, 5.74) is 5.55. The third-order valence-corrected chi connectivity index (χ3v) is 2.03. The van der Waals surface area contributed by atoms with Crippen molar-refractivity contribution in [3.63, 3.8) is 0 Å². The number of likely N-dealkylation sites (tertiary alicyclic amines) is 1. The minimum absolute atomic E-state index is 0.139. The highest BCUT2D eigenvalue weighted by atomic mass is 16.5. The molecule has 2 N–H and O–H groups in total. The molecule has 0 aromatic carbocycles. The summed E-state index contributed by atoms with van der Waals surface area (Å²) in [5, 5.41) is 0. The van der Waals surface area contributed by atoms with Gasteiger partial charge in [-0.2, -0.15) is 0 Å². The van der Waals surface area contributed by atoms with Crippen LogP contribution in [0.1, 0.15) is 6.92 Å². The molecule has 0 aromatic heterocycles. The number of carbonyl (C=O) groups is 1. The number of ether oxygens (including phenoxy) is 1. The third kappa shape index (κ3) is 1.70. The molecule has 1 heterocycles. The van der Waals surface area contributed by atoms with E-state index in [1.807, 2.05) is 11.8 Å². The van der Waals surface area contributed by atoms with Crippen molar-refractivity contribution in [2.45, 2.75) is 19.0 Å². The summed E-state index contributed by atoms with van der Waals surface area (Å²) < 4.78 is 4.58. The van der Waals surface area contributed by atoms with Gasteiger partial charge < -0.3 is 10.5 Å². The molecular weight excluding hydrogens is 144 g/mol. The number of hydrogen-bond donors (Lipinski definition) is 1. The van der Waals surface area contributed by atoms with Crippen LogP contribution in [0.5, 0.6) is 0 Å². The van der Waals surface area contributed by atoms with Gasteiger partial charge in [0.1, 0.15) is 6.04 Å². The Bertz CT molecular complexity index is 155. The van der Waals surface area contributed by atoms with E-state index in [-0.39, 0.29) is 18.1 Å². The van der Waals surface area contributed by atoms with Gasteiger partial charge in [0.05, 0.1) is 7.11 Å². The van der Waals surface area contributed by atoms with Crippen molar-refractivity contribution in [1.82, 2.24) is 4.90 Å². The molecule has 1 aliphatic rings. The number of esters is 1. The largest absolute Gasteiger partial charge is 0.468 e. The first-order valence-corrected chi connectivity index (χ1v) is 3.72. The van der Waals surface area contributed by atoms with E-state index in [0.29, 0.717) is 0 Å². The van der Waals surface area contributed by atoms with Crippen molar-refractivity contribution in [3.8, 4) is 0 Å². The van der Waals surface area contributed by atoms with Gasteiger partial charge in [-0.1, -0.05) is 0 Å². The van der Waals surface area contributed by atoms with Crippen molar-refractivity contribution in [1.29, 1.82) is 0 Å². The molecule has 0 radical (unpaired) electrons. The quantitative estimate of drug-likeness (QED) is 0.534. The van der Waals surface area contributed by atoms with E-state index in [1.54, 1.807) is 0 Å². The Hall–Kier alpha value is -0.610. The van der Waals surface area contributed by atoms with Crippen molar-refractivity contribution < 1.29 is 9.53 Å². The van der Waals surface area contributed by atoms with Crippen LogP contribution in [0.4, 0.5) is 0 Å². The van der Waals surface area contributed by atoms with E-state index in [4.69, 9.17) is 5.73 Å². The van der Waals surface area contributed by atoms with Crippen LogP contribution in [-0.4, -0.2) is 43.2 Å². The molecule has 1 fully saturated rings. The molecule has 0 aliphatic carbocycles. The van der Waals surface area contributed by atoms with Gasteiger partial charge in [0.25, 0.3) is 0 Å². The average molecular weight is 158 g/mol. The Kier molecular flexibility index (Phi) is 2.46. The molecule has 64 valence electrons. The van der Waals surface area contributed by atoms with Crippen LogP contribution < -0.4 is 5.73 Å². The van der Waals surface area contributed by atoms with Crippen LogP contribution in [0.25, 0.3) is 0 Å². The smallest absolute Gasteiger partial charge is 0.322 e. The molecule has 1 aliphatic heterocycles. The second-order valence-electron chi connectivity index (χ2n) is 2.91. The lowest BCUT2D eigenvalue weighted by Gasteiger charge is -2.39. The highest BCUT2D eigenvalue weighted by Crippen LogP contribution is 2.10. The summed E-state index contributed by atoms with van der Waals surface area (Å²) in [6.45, 7) is 3.43. The molecule has 4 nitrogen and oxygen atoms in total. The Morgan fingerprint density at radius 1 is 1.73 bits per heavy atom. The van der Waals surface area contributed by atoms with Gasteiger partial charge in [-0.25, -0.2) is 0 Å². The molecule has 0 spiro atoms. The number of methoxy groups -OCH3 is 1. The van der Waals surface area contributed by atoms with Gasteiger partial charge in [0.2, 0.25) is 0 Å². The molecule has 0 amide bonds. The Morgan fingerprint density at radius 3 is 2.64 bits per heavy atom. The van der Waals surface area contributed by atoms with Gasteiger partial charge in [-0.15, -0.1) is 0 Å². The van der Waals surface area contributed by atoms with E-state index >= 15 is 0 Å². The fourth-order valence-electron chi connectivity index (χ4n) is 1.18. The molecule has 1 rings (SSSR count). The molecule has 1 unspecified atom stereocenters. The Labute approximate surface area is 66.3 Å². The van der Waals surface area contributed by atoms with Crippen LogP contribution in [0, 0.1) is 0 Å². The van der Waals surface area contributed by atoms with Crippen molar-refractivity contribution >= 4 is 5.97 Å². The zero-order valence-electron chi connectivity index (χ0n) is 6.91.